The Morgan fingerprint density at radius 1 is 0.840 bits per heavy atom. The van der Waals surface area contributed by atoms with Crippen LogP contribution in [-0.2, 0) is 9.53 Å². The van der Waals surface area contributed by atoms with Crippen LogP contribution >= 0.6 is 0 Å². The highest BCUT2D eigenvalue weighted by Gasteiger charge is 2.05. The molecule has 3 heteroatoms. The Morgan fingerprint density at radius 2 is 1.24 bits per heavy atom. The van der Waals surface area contributed by atoms with Crippen LogP contribution in [0.1, 0.15) is 110 Å². The lowest BCUT2D eigenvalue weighted by Crippen LogP contribution is -2.15. The minimum absolute atomic E-state index is 0.0288. The van der Waals surface area contributed by atoms with Crippen molar-refractivity contribution in [2.75, 3.05) is 6.61 Å². The standard InChI is InChI=1S/C22H42O3/c1-3-5-6-7-8-9-10-11-12-13-14-15-16-17-18-19-22(24)25-20-21(23)4-2/h4,21,23H,2-3,5-20H2,1H3. The number of hydrogen-bond acceptors (Lipinski definition) is 3. The summed E-state index contributed by atoms with van der Waals surface area (Å²) in [5.41, 5.74) is 0. The van der Waals surface area contributed by atoms with Crippen molar-refractivity contribution in [3.05, 3.63) is 12.7 Å². The monoisotopic (exact) mass is 354 g/mol. The van der Waals surface area contributed by atoms with Crippen LogP contribution in [0.3, 0.4) is 0 Å². The van der Waals surface area contributed by atoms with Gasteiger partial charge in [0.2, 0.25) is 0 Å². The summed E-state index contributed by atoms with van der Waals surface area (Å²) in [5, 5.41) is 9.22. The fourth-order valence-electron chi connectivity index (χ4n) is 2.96. The quantitative estimate of drug-likeness (QED) is 0.167. The zero-order valence-corrected chi connectivity index (χ0v) is 16.6. The van der Waals surface area contributed by atoms with Gasteiger partial charge in [0.05, 0.1) is 0 Å². The maximum absolute atomic E-state index is 11.4. The highest BCUT2D eigenvalue weighted by molar-refractivity contribution is 5.69. The maximum atomic E-state index is 11.4. The van der Waals surface area contributed by atoms with Crippen molar-refractivity contribution >= 4 is 5.97 Å². The second-order valence-corrected chi connectivity index (χ2v) is 7.19. The van der Waals surface area contributed by atoms with E-state index in [9.17, 15) is 9.90 Å². The Morgan fingerprint density at radius 3 is 1.64 bits per heavy atom. The van der Waals surface area contributed by atoms with Gasteiger partial charge in [0, 0.05) is 6.42 Å². The molecule has 0 aromatic heterocycles. The second-order valence-electron chi connectivity index (χ2n) is 7.19. The fourth-order valence-corrected chi connectivity index (χ4v) is 2.96. The molecule has 1 unspecified atom stereocenters. The van der Waals surface area contributed by atoms with E-state index < -0.39 is 6.10 Å². The van der Waals surface area contributed by atoms with E-state index in [2.05, 4.69) is 13.5 Å². The number of carbonyl (C=O) groups is 1. The van der Waals surface area contributed by atoms with Crippen LogP contribution in [0.25, 0.3) is 0 Å². The minimum Gasteiger partial charge on any atom is -0.463 e. The lowest BCUT2D eigenvalue weighted by atomic mass is 10.0. The van der Waals surface area contributed by atoms with Crippen LogP contribution in [0.5, 0.6) is 0 Å². The Balaban J connectivity index is 3.14. The first-order valence-electron chi connectivity index (χ1n) is 10.7. The van der Waals surface area contributed by atoms with E-state index >= 15 is 0 Å². The van der Waals surface area contributed by atoms with Crippen LogP contribution in [0.15, 0.2) is 12.7 Å². The average Bonchev–Trinajstić information content (AvgIpc) is 2.62. The van der Waals surface area contributed by atoms with E-state index in [0.717, 1.165) is 12.8 Å². The molecule has 0 rings (SSSR count). The number of unbranched alkanes of at least 4 members (excludes halogenated alkanes) is 14. The third-order valence-electron chi connectivity index (χ3n) is 4.67. The molecule has 0 aliphatic rings. The van der Waals surface area contributed by atoms with Crippen LogP contribution in [-0.4, -0.2) is 23.8 Å². The van der Waals surface area contributed by atoms with Crippen LogP contribution in [0, 0.1) is 0 Å². The normalized spacial score (nSPS) is 12.1. The van der Waals surface area contributed by atoms with Crippen molar-refractivity contribution in [3.63, 3.8) is 0 Å². The summed E-state index contributed by atoms with van der Waals surface area (Å²) in [7, 11) is 0. The molecule has 0 saturated carbocycles. The molecule has 0 amide bonds. The molecule has 0 aliphatic heterocycles. The van der Waals surface area contributed by atoms with Gasteiger partial charge in [-0.25, -0.2) is 0 Å². The zero-order chi connectivity index (χ0) is 18.6. The molecule has 0 saturated heterocycles. The third kappa shape index (κ3) is 19.3. The molecule has 3 nitrogen and oxygen atoms in total. The van der Waals surface area contributed by atoms with Crippen molar-refractivity contribution < 1.29 is 14.6 Å². The molecular weight excluding hydrogens is 312 g/mol. The van der Waals surface area contributed by atoms with Crippen LogP contribution in [0.2, 0.25) is 0 Å². The molecular formula is C22H42O3. The van der Waals surface area contributed by atoms with Gasteiger partial charge in [0.15, 0.2) is 0 Å². The average molecular weight is 355 g/mol. The summed E-state index contributed by atoms with van der Waals surface area (Å²) in [6.07, 6.45) is 20.9. The van der Waals surface area contributed by atoms with Gasteiger partial charge in [0.25, 0.3) is 0 Å². The molecule has 0 radical (unpaired) electrons. The van der Waals surface area contributed by atoms with Crippen molar-refractivity contribution in [1.82, 2.24) is 0 Å². The molecule has 0 aromatic rings. The molecule has 0 aliphatic carbocycles. The second kappa shape index (κ2) is 19.5. The van der Waals surface area contributed by atoms with Gasteiger partial charge >= 0.3 is 5.97 Å². The van der Waals surface area contributed by atoms with Crippen LogP contribution in [0.4, 0.5) is 0 Å². The first-order chi connectivity index (χ1) is 12.2. The summed E-state index contributed by atoms with van der Waals surface area (Å²) in [6.45, 7) is 5.74. The van der Waals surface area contributed by atoms with Gasteiger partial charge in [-0.05, 0) is 6.42 Å². The number of aliphatic hydroxyl groups is 1. The summed E-state index contributed by atoms with van der Waals surface area (Å²) in [4.78, 5) is 11.4. The number of rotatable bonds is 19. The third-order valence-corrected chi connectivity index (χ3v) is 4.67. The first-order valence-corrected chi connectivity index (χ1v) is 10.7. The lowest BCUT2D eigenvalue weighted by molar-refractivity contribution is -0.145. The maximum Gasteiger partial charge on any atom is 0.305 e. The molecule has 0 aromatic carbocycles. The predicted molar refractivity (Wildman–Crippen MR) is 107 cm³/mol. The van der Waals surface area contributed by atoms with E-state index in [1.807, 2.05) is 0 Å². The number of hydrogen-bond donors (Lipinski definition) is 1. The first kappa shape index (κ1) is 24.2. The van der Waals surface area contributed by atoms with Crippen molar-refractivity contribution in [2.24, 2.45) is 0 Å². The van der Waals surface area contributed by atoms with Gasteiger partial charge in [-0.15, -0.1) is 6.58 Å². The molecule has 0 fully saturated rings. The molecule has 0 heterocycles. The van der Waals surface area contributed by atoms with Crippen molar-refractivity contribution in [1.29, 1.82) is 0 Å². The Hall–Kier alpha value is -0.830. The number of carbonyl (C=O) groups excluding carboxylic acids is 1. The van der Waals surface area contributed by atoms with Gasteiger partial charge in [-0.1, -0.05) is 103 Å². The largest absolute Gasteiger partial charge is 0.463 e. The number of ether oxygens (including phenoxy) is 1. The van der Waals surface area contributed by atoms with Crippen molar-refractivity contribution in [2.45, 2.75) is 116 Å². The van der Waals surface area contributed by atoms with E-state index in [4.69, 9.17) is 4.74 Å². The molecule has 148 valence electrons. The molecule has 1 N–H and O–H groups in total. The van der Waals surface area contributed by atoms with Gasteiger partial charge < -0.3 is 9.84 Å². The smallest absolute Gasteiger partial charge is 0.305 e. The predicted octanol–water partition coefficient (Wildman–Crippen LogP) is 6.34. The Labute approximate surface area is 156 Å². The van der Waals surface area contributed by atoms with E-state index in [0.29, 0.717) is 6.42 Å². The zero-order valence-electron chi connectivity index (χ0n) is 16.6. The van der Waals surface area contributed by atoms with Crippen LogP contribution < -0.4 is 0 Å². The molecule has 25 heavy (non-hydrogen) atoms. The highest BCUT2D eigenvalue weighted by atomic mass is 16.5. The van der Waals surface area contributed by atoms with Gasteiger partial charge in [-0.3, -0.25) is 4.79 Å². The topological polar surface area (TPSA) is 46.5 Å². The lowest BCUT2D eigenvalue weighted by Gasteiger charge is -2.07. The highest BCUT2D eigenvalue weighted by Crippen LogP contribution is 2.13. The fraction of sp³-hybridized carbons (Fsp3) is 0.864. The van der Waals surface area contributed by atoms with Gasteiger partial charge in [0.1, 0.15) is 12.7 Å². The summed E-state index contributed by atoms with van der Waals surface area (Å²) in [6, 6.07) is 0. The molecule has 0 spiro atoms. The molecule has 1 atom stereocenters. The van der Waals surface area contributed by atoms with Crippen molar-refractivity contribution in [3.8, 4) is 0 Å². The SMILES string of the molecule is C=CC(O)COC(=O)CCCCCCCCCCCCCCCCC. The Bertz CT molecular complexity index is 302. The minimum atomic E-state index is -0.745. The summed E-state index contributed by atoms with van der Waals surface area (Å²) < 4.78 is 4.95. The number of esters is 1. The summed E-state index contributed by atoms with van der Waals surface area (Å²) >= 11 is 0. The van der Waals surface area contributed by atoms with E-state index in [-0.39, 0.29) is 12.6 Å². The van der Waals surface area contributed by atoms with Gasteiger partial charge in [-0.2, -0.15) is 0 Å². The summed E-state index contributed by atoms with van der Waals surface area (Å²) in [5.74, 6) is -0.212. The Kier molecular flexibility index (Phi) is 18.8. The molecule has 0 bridgehead atoms. The number of aliphatic hydroxyl groups excluding tert-OH is 1. The van der Waals surface area contributed by atoms with E-state index in [1.165, 1.54) is 89.5 Å². The van der Waals surface area contributed by atoms with E-state index in [1.54, 1.807) is 0 Å².